The van der Waals surface area contributed by atoms with E-state index >= 15 is 0 Å². The average molecular weight is 324 g/mol. The van der Waals surface area contributed by atoms with E-state index in [0.29, 0.717) is 6.42 Å². The lowest BCUT2D eigenvalue weighted by atomic mass is 10.2. The van der Waals surface area contributed by atoms with Crippen molar-refractivity contribution in [2.45, 2.75) is 19.3 Å². The number of aromatic nitrogens is 4. The van der Waals surface area contributed by atoms with E-state index in [0.717, 1.165) is 29.5 Å². The van der Waals surface area contributed by atoms with Crippen molar-refractivity contribution in [2.75, 3.05) is 10.6 Å². The van der Waals surface area contributed by atoms with Gasteiger partial charge in [0.05, 0.1) is 5.69 Å². The van der Waals surface area contributed by atoms with Gasteiger partial charge in [0.25, 0.3) is 0 Å². The topological polar surface area (TPSA) is 72.7 Å². The summed E-state index contributed by atoms with van der Waals surface area (Å²) in [6.07, 6.45) is 3.96. The van der Waals surface area contributed by atoms with Crippen LogP contribution in [0.25, 0.3) is 5.69 Å². The van der Waals surface area contributed by atoms with Crippen LogP contribution in [0.4, 0.5) is 5.69 Å². The first kappa shape index (κ1) is 13.7. The monoisotopic (exact) mass is 323 g/mol. The quantitative estimate of drug-likeness (QED) is 0.653. The molecular weight excluding hydrogens is 310 g/mol. The Morgan fingerprint density at radius 1 is 1.26 bits per heavy atom. The molecule has 2 rings (SSSR count). The highest BCUT2D eigenvalue weighted by atomic mass is 79.9. The number of hydrogen-bond acceptors (Lipinski definition) is 4. The highest BCUT2D eigenvalue weighted by Gasteiger charge is 2.03. The lowest BCUT2D eigenvalue weighted by Crippen LogP contribution is -2.11. The number of carbonyl (C=O) groups excluding carboxylic acids is 1. The number of anilines is 1. The smallest absolute Gasteiger partial charge is 0.224 e. The Labute approximate surface area is 119 Å². The van der Waals surface area contributed by atoms with Gasteiger partial charge in [0.2, 0.25) is 5.91 Å². The summed E-state index contributed by atoms with van der Waals surface area (Å²) in [7, 11) is 0. The highest BCUT2D eigenvalue weighted by molar-refractivity contribution is 9.09. The van der Waals surface area contributed by atoms with Crippen LogP contribution in [-0.2, 0) is 4.79 Å². The zero-order valence-corrected chi connectivity index (χ0v) is 11.9. The first-order valence-corrected chi connectivity index (χ1v) is 7.11. The van der Waals surface area contributed by atoms with Crippen LogP contribution in [0, 0.1) is 0 Å². The number of tetrazole rings is 1. The number of amides is 1. The fourth-order valence-corrected chi connectivity index (χ4v) is 1.98. The first-order chi connectivity index (χ1) is 9.29. The molecule has 0 fully saturated rings. The van der Waals surface area contributed by atoms with Crippen LogP contribution in [0.3, 0.4) is 0 Å². The number of halogens is 1. The number of hydrogen-bond donors (Lipinski definition) is 1. The van der Waals surface area contributed by atoms with E-state index in [2.05, 4.69) is 36.8 Å². The summed E-state index contributed by atoms with van der Waals surface area (Å²) in [4.78, 5) is 11.6. The van der Waals surface area contributed by atoms with Crippen LogP contribution in [0.15, 0.2) is 30.6 Å². The summed E-state index contributed by atoms with van der Waals surface area (Å²) >= 11 is 3.34. The molecule has 1 aromatic heterocycles. The van der Waals surface area contributed by atoms with Gasteiger partial charge in [-0.15, -0.1) is 5.10 Å². The SMILES string of the molecule is O=C(CCCCBr)Nc1ccc(-n2cnnn2)cc1. The molecule has 100 valence electrons. The molecule has 1 amide bonds. The number of benzene rings is 1. The summed E-state index contributed by atoms with van der Waals surface area (Å²) in [6.45, 7) is 0. The Hall–Kier alpha value is -1.76. The van der Waals surface area contributed by atoms with Crippen molar-refractivity contribution in [3.8, 4) is 5.69 Å². The molecule has 0 unspecified atom stereocenters. The van der Waals surface area contributed by atoms with Gasteiger partial charge in [0.1, 0.15) is 6.33 Å². The van der Waals surface area contributed by atoms with Crippen molar-refractivity contribution < 1.29 is 4.79 Å². The summed E-state index contributed by atoms with van der Waals surface area (Å²) < 4.78 is 1.56. The van der Waals surface area contributed by atoms with Gasteiger partial charge in [-0.2, -0.15) is 0 Å². The molecule has 0 aliphatic carbocycles. The predicted molar refractivity (Wildman–Crippen MR) is 75.4 cm³/mol. The Morgan fingerprint density at radius 3 is 2.68 bits per heavy atom. The Bertz CT molecular complexity index is 511. The molecule has 0 spiro atoms. The number of nitrogens with zero attached hydrogens (tertiary/aromatic N) is 4. The molecular formula is C12H14BrN5O. The molecule has 0 saturated heterocycles. The van der Waals surface area contributed by atoms with Gasteiger partial charge >= 0.3 is 0 Å². The van der Waals surface area contributed by atoms with Gasteiger partial charge in [0.15, 0.2) is 0 Å². The van der Waals surface area contributed by atoms with Crippen LogP contribution >= 0.6 is 15.9 Å². The van der Waals surface area contributed by atoms with Crippen molar-refractivity contribution >= 4 is 27.5 Å². The van der Waals surface area contributed by atoms with E-state index in [1.165, 1.54) is 6.33 Å². The fourth-order valence-electron chi connectivity index (χ4n) is 1.58. The summed E-state index contributed by atoms with van der Waals surface area (Å²) in [5.41, 5.74) is 1.63. The minimum absolute atomic E-state index is 0.0381. The van der Waals surface area contributed by atoms with Crippen molar-refractivity contribution in [3.63, 3.8) is 0 Å². The normalized spacial score (nSPS) is 10.4. The fraction of sp³-hybridized carbons (Fsp3) is 0.333. The third-order valence-electron chi connectivity index (χ3n) is 2.55. The van der Waals surface area contributed by atoms with Crippen LogP contribution in [-0.4, -0.2) is 31.4 Å². The predicted octanol–water partition coefficient (Wildman–Crippen LogP) is 2.17. The lowest BCUT2D eigenvalue weighted by Gasteiger charge is -2.06. The minimum Gasteiger partial charge on any atom is -0.326 e. The number of rotatable bonds is 6. The van der Waals surface area contributed by atoms with Gasteiger partial charge in [-0.25, -0.2) is 4.68 Å². The lowest BCUT2D eigenvalue weighted by molar-refractivity contribution is -0.116. The summed E-state index contributed by atoms with van der Waals surface area (Å²) in [6, 6.07) is 7.37. The average Bonchev–Trinajstić information content (AvgIpc) is 2.94. The minimum atomic E-state index is 0.0381. The number of carbonyl (C=O) groups is 1. The largest absolute Gasteiger partial charge is 0.326 e. The van der Waals surface area contributed by atoms with E-state index in [-0.39, 0.29) is 5.91 Å². The Morgan fingerprint density at radius 2 is 2.05 bits per heavy atom. The second-order valence-electron chi connectivity index (χ2n) is 4.00. The molecule has 0 bridgehead atoms. The molecule has 0 aliphatic heterocycles. The molecule has 7 heteroatoms. The molecule has 0 saturated carbocycles. The zero-order chi connectivity index (χ0) is 13.5. The van der Waals surface area contributed by atoms with E-state index in [1.54, 1.807) is 4.68 Å². The molecule has 2 aromatic rings. The molecule has 0 radical (unpaired) electrons. The molecule has 6 nitrogen and oxygen atoms in total. The van der Waals surface area contributed by atoms with Crippen molar-refractivity contribution in [2.24, 2.45) is 0 Å². The molecule has 19 heavy (non-hydrogen) atoms. The molecule has 1 heterocycles. The Kier molecular flexibility index (Phi) is 5.02. The summed E-state index contributed by atoms with van der Waals surface area (Å²) in [5, 5.41) is 14.7. The van der Waals surface area contributed by atoms with Gasteiger partial charge in [-0.3, -0.25) is 4.79 Å². The first-order valence-electron chi connectivity index (χ1n) is 5.99. The zero-order valence-electron chi connectivity index (χ0n) is 10.3. The van der Waals surface area contributed by atoms with Crippen LogP contribution in [0.5, 0.6) is 0 Å². The van der Waals surface area contributed by atoms with E-state index in [4.69, 9.17) is 0 Å². The maximum absolute atomic E-state index is 11.6. The number of alkyl halides is 1. The molecule has 0 aliphatic rings. The van der Waals surface area contributed by atoms with Crippen molar-refractivity contribution in [1.29, 1.82) is 0 Å². The van der Waals surface area contributed by atoms with E-state index in [1.807, 2.05) is 24.3 Å². The van der Waals surface area contributed by atoms with Crippen LogP contribution in [0.2, 0.25) is 0 Å². The standard InChI is InChI=1S/C12H14BrN5O/c13-8-2-1-3-12(19)15-10-4-6-11(7-5-10)18-9-14-16-17-18/h4-7,9H,1-3,8H2,(H,15,19). The van der Waals surface area contributed by atoms with Gasteiger partial charge < -0.3 is 5.32 Å². The van der Waals surface area contributed by atoms with Gasteiger partial charge in [-0.05, 0) is 47.5 Å². The van der Waals surface area contributed by atoms with Crippen molar-refractivity contribution in [3.05, 3.63) is 30.6 Å². The highest BCUT2D eigenvalue weighted by Crippen LogP contribution is 2.12. The van der Waals surface area contributed by atoms with Crippen molar-refractivity contribution in [1.82, 2.24) is 20.2 Å². The second-order valence-corrected chi connectivity index (χ2v) is 4.79. The van der Waals surface area contributed by atoms with E-state index in [9.17, 15) is 4.79 Å². The van der Waals surface area contributed by atoms with E-state index < -0.39 is 0 Å². The van der Waals surface area contributed by atoms with Crippen LogP contribution in [0.1, 0.15) is 19.3 Å². The molecule has 1 N–H and O–H groups in total. The number of unbranched alkanes of at least 4 members (excludes halogenated alkanes) is 1. The second kappa shape index (κ2) is 6.98. The third-order valence-corrected chi connectivity index (χ3v) is 3.11. The molecule has 1 aromatic carbocycles. The van der Waals surface area contributed by atoms with Crippen LogP contribution < -0.4 is 5.32 Å². The number of nitrogens with one attached hydrogen (secondary N) is 1. The van der Waals surface area contributed by atoms with Gasteiger partial charge in [-0.1, -0.05) is 15.9 Å². The summed E-state index contributed by atoms with van der Waals surface area (Å²) in [5.74, 6) is 0.0381. The van der Waals surface area contributed by atoms with Gasteiger partial charge in [0, 0.05) is 17.4 Å². The third kappa shape index (κ3) is 4.13. The maximum atomic E-state index is 11.6. The Balaban J connectivity index is 1.90. The molecule has 0 atom stereocenters. The maximum Gasteiger partial charge on any atom is 0.224 e.